The van der Waals surface area contributed by atoms with Crippen LogP contribution in [0.3, 0.4) is 0 Å². The lowest BCUT2D eigenvalue weighted by Crippen LogP contribution is -1.83. The Morgan fingerprint density at radius 2 is 2.00 bits per heavy atom. The summed E-state index contributed by atoms with van der Waals surface area (Å²) in [4.78, 5) is 1.21. The lowest BCUT2D eigenvalue weighted by atomic mass is 10.3. The predicted molar refractivity (Wildman–Crippen MR) is 59.6 cm³/mol. The Morgan fingerprint density at radius 3 is 2.50 bits per heavy atom. The van der Waals surface area contributed by atoms with E-state index in [1.54, 1.807) is 11.8 Å². The minimum atomic E-state index is 0.803. The molecule has 0 radical (unpaired) electrons. The molecule has 0 bridgehead atoms. The molecule has 0 atom stereocenters. The third-order valence-electron chi connectivity index (χ3n) is 1.28. The molecule has 0 aromatic heterocycles. The number of thioether (sulfide) groups is 1. The van der Waals surface area contributed by atoms with Crippen LogP contribution in [-0.4, -0.2) is 5.75 Å². The maximum absolute atomic E-state index is 5.55. The van der Waals surface area contributed by atoms with E-state index in [0.717, 1.165) is 15.9 Å². The van der Waals surface area contributed by atoms with E-state index in [4.69, 9.17) is 5.73 Å². The van der Waals surface area contributed by atoms with Crippen molar-refractivity contribution in [2.45, 2.75) is 4.90 Å². The first kappa shape index (κ1) is 9.68. The van der Waals surface area contributed by atoms with Gasteiger partial charge in [0.05, 0.1) is 0 Å². The standard InChI is InChI=1S/C9H10BrNS/c1-7(10)6-12-9-4-2-8(11)3-5-9/h2-5H,1,6,11H2. The van der Waals surface area contributed by atoms with Gasteiger partial charge in [0.15, 0.2) is 0 Å². The molecule has 2 N–H and O–H groups in total. The van der Waals surface area contributed by atoms with Gasteiger partial charge >= 0.3 is 0 Å². The fourth-order valence-corrected chi connectivity index (χ4v) is 1.72. The summed E-state index contributed by atoms with van der Waals surface area (Å²) >= 11 is 5.04. The van der Waals surface area contributed by atoms with Gasteiger partial charge < -0.3 is 5.73 Å². The van der Waals surface area contributed by atoms with Gasteiger partial charge in [-0.3, -0.25) is 0 Å². The lowest BCUT2D eigenvalue weighted by molar-refractivity contribution is 1.46. The van der Waals surface area contributed by atoms with E-state index in [1.807, 2.05) is 24.3 Å². The molecule has 0 aliphatic carbocycles. The number of nitrogens with two attached hydrogens (primary N) is 1. The van der Waals surface area contributed by atoms with E-state index < -0.39 is 0 Å². The molecule has 64 valence electrons. The predicted octanol–water partition coefficient (Wildman–Crippen LogP) is 3.27. The molecule has 0 unspecified atom stereocenters. The Morgan fingerprint density at radius 1 is 1.42 bits per heavy atom. The zero-order valence-electron chi connectivity index (χ0n) is 6.59. The summed E-state index contributed by atoms with van der Waals surface area (Å²) in [6.45, 7) is 3.76. The van der Waals surface area contributed by atoms with Gasteiger partial charge in [0.2, 0.25) is 0 Å². The van der Waals surface area contributed by atoms with E-state index >= 15 is 0 Å². The van der Waals surface area contributed by atoms with E-state index in [2.05, 4.69) is 22.5 Å². The van der Waals surface area contributed by atoms with Crippen molar-refractivity contribution in [3.8, 4) is 0 Å². The SMILES string of the molecule is C=C(Br)CSc1ccc(N)cc1. The van der Waals surface area contributed by atoms with Gasteiger partial charge in [-0.05, 0) is 28.7 Å². The summed E-state index contributed by atoms with van der Waals surface area (Å²) in [5.41, 5.74) is 6.35. The summed E-state index contributed by atoms with van der Waals surface area (Å²) in [7, 11) is 0. The lowest BCUT2D eigenvalue weighted by Gasteiger charge is -1.99. The van der Waals surface area contributed by atoms with Gasteiger partial charge in [-0.1, -0.05) is 22.5 Å². The van der Waals surface area contributed by atoms with E-state index in [9.17, 15) is 0 Å². The molecule has 1 aromatic rings. The van der Waals surface area contributed by atoms with Crippen molar-refractivity contribution in [3.63, 3.8) is 0 Å². The average molecular weight is 244 g/mol. The number of hydrogen-bond acceptors (Lipinski definition) is 2. The normalized spacial score (nSPS) is 9.75. The van der Waals surface area contributed by atoms with Gasteiger partial charge in [-0.25, -0.2) is 0 Å². The van der Waals surface area contributed by atoms with Crippen LogP contribution in [-0.2, 0) is 0 Å². The molecular weight excluding hydrogens is 234 g/mol. The zero-order valence-corrected chi connectivity index (χ0v) is 8.99. The fourth-order valence-electron chi connectivity index (χ4n) is 0.726. The second-order valence-electron chi connectivity index (χ2n) is 2.37. The molecule has 0 amide bonds. The monoisotopic (exact) mass is 243 g/mol. The molecule has 1 rings (SSSR count). The Kier molecular flexibility index (Phi) is 3.69. The molecule has 0 aliphatic heterocycles. The highest BCUT2D eigenvalue weighted by molar-refractivity contribution is 9.11. The summed E-state index contributed by atoms with van der Waals surface area (Å²) in [5, 5.41) is 0. The first-order chi connectivity index (χ1) is 5.68. The van der Waals surface area contributed by atoms with Crippen LogP contribution in [0.1, 0.15) is 0 Å². The molecule has 12 heavy (non-hydrogen) atoms. The first-order valence-electron chi connectivity index (χ1n) is 3.50. The maximum Gasteiger partial charge on any atom is 0.0314 e. The van der Waals surface area contributed by atoms with Gasteiger partial charge in [0, 0.05) is 16.3 Å². The number of anilines is 1. The van der Waals surface area contributed by atoms with Crippen LogP contribution in [0.2, 0.25) is 0 Å². The Bertz CT molecular complexity index is 268. The van der Waals surface area contributed by atoms with E-state index in [1.165, 1.54) is 4.90 Å². The smallest absolute Gasteiger partial charge is 0.0314 e. The summed E-state index contributed by atoms with van der Waals surface area (Å²) in [6.07, 6.45) is 0. The van der Waals surface area contributed by atoms with Gasteiger partial charge in [0.1, 0.15) is 0 Å². The second kappa shape index (κ2) is 4.58. The van der Waals surface area contributed by atoms with Gasteiger partial charge in [-0.15, -0.1) is 11.8 Å². The first-order valence-corrected chi connectivity index (χ1v) is 5.28. The minimum absolute atomic E-state index is 0.803. The summed E-state index contributed by atoms with van der Waals surface area (Å²) < 4.78 is 1.00. The fraction of sp³-hybridized carbons (Fsp3) is 0.111. The van der Waals surface area contributed by atoms with Crippen molar-refractivity contribution in [1.82, 2.24) is 0 Å². The molecule has 0 saturated heterocycles. The highest BCUT2D eigenvalue weighted by atomic mass is 79.9. The topological polar surface area (TPSA) is 26.0 Å². The molecule has 0 saturated carbocycles. The molecule has 0 fully saturated rings. The molecule has 1 aromatic carbocycles. The van der Waals surface area contributed by atoms with Crippen LogP contribution in [0.4, 0.5) is 5.69 Å². The van der Waals surface area contributed by atoms with Crippen LogP contribution in [0, 0.1) is 0 Å². The van der Waals surface area contributed by atoms with Crippen LogP contribution in [0.15, 0.2) is 40.2 Å². The highest BCUT2D eigenvalue weighted by Gasteiger charge is 1.93. The van der Waals surface area contributed by atoms with Crippen molar-refractivity contribution in [3.05, 3.63) is 35.3 Å². The van der Waals surface area contributed by atoms with Crippen LogP contribution >= 0.6 is 27.7 Å². The van der Waals surface area contributed by atoms with E-state index in [-0.39, 0.29) is 0 Å². The molecule has 0 heterocycles. The zero-order chi connectivity index (χ0) is 8.97. The number of nitrogen functional groups attached to an aromatic ring is 1. The highest BCUT2D eigenvalue weighted by Crippen LogP contribution is 2.22. The third-order valence-corrected chi connectivity index (χ3v) is 3.03. The largest absolute Gasteiger partial charge is 0.399 e. The van der Waals surface area contributed by atoms with Gasteiger partial charge in [-0.2, -0.15) is 0 Å². The molecular formula is C9H10BrNS. The third kappa shape index (κ3) is 3.32. The van der Waals surface area contributed by atoms with Crippen molar-refractivity contribution in [2.24, 2.45) is 0 Å². The second-order valence-corrected chi connectivity index (χ2v) is 4.55. The van der Waals surface area contributed by atoms with Crippen molar-refractivity contribution in [2.75, 3.05) is 11.5 Å². The quantitative estimate of drug-likeness (QED) is 0.652. The Hall–Kier alpha value is -0.410. The van der Waals surface area contributed by atoms with E-state index in [0.29, 0.717) is 0 Å². The number of rotatable bonds is 3. The molecule has 0 spiro atoms. The summed E-state index contributed by atoms with van der Waals surface area (Å²) in [6, 6.07) is 7.82. The maximum atomic E-state index is 5.55. The van der Waals surface area contributed by atoms with Crippen molar-refractivity contribution < 1.29 is 0 Å². The van der Waals surface area contributed by atoms with Crippen LogP contribution < -0.4 is 5.73 Å². The minimum Gasteiger partial charge on any atom is -0.399 e. The van der Waals surface area contributed by atoms with Crippen molar-refractivity contribution >= 4 is 33.4 Å². The Balaban J connectivity index is 2.53. The molecule has 3 heteroatoms. The van der Waals surface area contributed by atoms with Gasteiger partial charge in [0.25, 0.3) is 0 Å². The number of benzene rings is 1. The van der Waals surface area contributed by atoms with Crippen LogP contribution in [0.5, 0.6) is 0 Å². The Labute approximate surface area is 85.2 Å². The van der Waals surface area contributed by atoms with Crippen molar-refractivity contribution in [1.29, 1.82) is 0 Å². The molecule has 0 aliphatic rings. The van der Waals surface area contributed by atoms with Crippen LogP contribution in [0.25, 0.3) is 0 Å². The molecule has 1 nitrogen and oxygen atoms in total. The average Bonchev–Trinajstić information content (AvgIpc) is 2.03. The summed E-state index contributed by atoms with van der Waals surface area (Å²) in [5.74, 6) is 0.893. The number of halogens is 1. The number of hydrogen-bond donors (Lipinski definition) is 1.